The first-order valence-corrected chi connectivity index (χ1v) is 6.75. The average molecular weight is 144 g/mol. The summed E-state index contributed by atoms with van der Waals surface area (Å²) < 4.78 is 0. The Hall–Kier alpha value is -0.0831. The summed E-state index contributed by atoms with van der Waals surface area (Å²) in [6, 6.07) is 2.12. The SMILES string of the molecule is C=CC[Si](C)(C)CCO. The van der Waals surface area contributed by atoms with E-state index in [0.29, 0.717) is 6.61 Å². The highest BCUT2D eigenvalue weighted by atomic mass is 28.3. The maximum Gasteiger partial charge on any atom is 0.0533 e. The molecule has 0 spiro atoms. The van der Waals surface area contributed by atoms with Crippen molar-refractivity contribution in [3.63, 3.8) is 0 Å². The van der Waals surface area contributed by atoms with Crippen LogP contribution in [0.5, 0.6) is 0 Å². The third kappa shape index (κ3) is 4.42. The third-order valence-corrected chi connectivity index (χ3v) is 4.46. The smallest absolute Gasteiger partial charge is 0.0533 e. The minimum absolute atomic E-state index is 0.340. The van der Waals surface area contributed by atoms with Crippen molar-refractivity contribution in [2.75, 3.05) is 6.61 Å². The Balaban J connectivity index is 3.55. The molecule has 0 heterocycles. The first kappa shape index (κ1) is 8.92. The molecule has 0 bridgehead atoms. The number of rotatable bonds is 4. The van der Waals surface area contributed by atoms with Gasteiger partial charge in [-0.25, -0.2) is 0 Å². The van der Waals surface area contributed by atoms with Crippen LogP contribution in [0.4, 0.5) is 0 Å². The maximum atomic E-state index is 8.63. The number of hydrogen-bond acceptors (Lipinski definition) is 1. The number of aliphatic hydroxyl groups excluding tert-OH is 1. The van der Waals surface area contributed by atoms with Crippen molar-refractivity contribution in [3.8, 4) is 0 Å². The monoisotopic (exact) mass is 144 g/mol. The Bertz CT molecular complexity index is 88.9. The lowest BCUT2D eigenvalue weighted by Crippen LogP contribution is -2.24. The van der Waals surface area contributed by atoms with Crippen molar-refractivity contribution in [1.29, 1.82) is 0 Å². The van der Waals surface area contributed by atoms with Gasteiger partial charge >= 0.3 is 0 Å². The molecule has 0 aromatic heterocycles. The first-order chi connectivity index (χ1) is 4.12. The van der Waals surface area contributed by atoms with E-state index in [9.17, 15) is 0 Å². The van der Waals surface area contributed by atoms with Gasteiger partial charge in [-0.15, -0.1) is 6.58 Å². The van der Waals surface area contributed by atoms with Gasteiger partial charge in [-0.3, -0.25) is 0 Å². The average Bonchev–Trinajstić information content (AvgIpc) is 1.64. The van der Waals surface area contributed by atoms with Gasteiger partial charge in [0.2, 0.25) is 0 Å². The molecule has 54 valence electrons. The molecule has 0 aromatic rings. The Morgan fingerprint density at radius 1 is 1.56 bits per heavy atom. The predicted octanol–water partition coefficient (Wildman–Crippen LogP) is 1.87. The Kier molecular flexibility index (Phi) is 3.82. The molecule has 0 saturated carbocycles. The van der Waals surface area contributed by atoms with Gasteiger partial charge in [0.15, 0.2) is 0 Å². The summed E-state index contributed by atoms with van der Waals surface area (Å²) in [5.74, 6) is 0. The van der Waals surface area contributed by atoms with Crippen LogP contribution in [0.2, 0.25) is 25.2 Å². The van der Waals surface area contributed by atoms with E-state index in [0.717, 1.165) is 12.1 Å². The molecule has 0 unspecified atom stereocenters. The van der Waals surface area contributed by atoms with Gasteiger partial charge in [0, 0.05) is 6.61 Å². The fourth-order valence-electron chi connectivity index (χ4n) is 0.795. The highest BCUT2D eigenvalue weighted by Gasteiger charge is 2.16. The van der Waals surface area contributed by atoms with Gasteiger partial charge in [-0.05, 0) is 12.1 Å². The highest BCUT2D eigenvalue weighted by Crippen LogP contribution is 2.13. The Labute approximate surface area is 58.4 Å². The van der Waals surface area contributed by atoms with Crippen LogP contribution in [0.1, 0.15) is 0 Å². The van der Waals surface area contributed by atoms with Crippen molar-refractivity contribution < 1.29 is 5.11 Å². The zero-order valence-electron chi connectivity index (χ0n) is 6.35. The van der Waals surface area contributed by atoms with Crippen LogP contribution in [-0.4, -0.2) is 19.8 Å². The lowest BCUT2D eigenvalue weighted by Gasteiger charge is -2.17. The summed E-state index contributed by atoms with van der Waals surface area (Å²) in [6.07, 6.45) is 1.96. The molecule has 0 saturated heterocycles. The normalized spacial score (nSPS) is 11.4. The number of hydrogen-bond donors (Lipinski definition) is 1. The molecular weight excluding hydrogens is 128 g/mol. The summed E-state index contributed by atoms with van der Waals surface area (Å²) in [6.45, 7) is 8.56. The van der Waals surface area contributed by atoms with Crippen LogP contribution >= 0.6 is 0 Å². The molecule has 0 atom stereocenters. The van der Waals surface area contributed by atoms with Gasteiger partial charge in [0.05, 0.1) is 8.07 Å². The van der Waals surface area contributed by atoms with Gasteiger partial charge < -0.3 is 5.11 Å². The Morgan fingerprint density at radius 2 is 2.11 bits per heavy atom. The predicted molar refractivity (Wildman–Crippen MR) is 44.4 cm³/mol. The molecule has 0 aliphatic heterocycles. The quantitative estimate of drug-likeness (QED) is 0.472. The molecule has 9 heavy (non-hydrogen) atoms. The summed E-state index contributed by atoms with van der Waals surface area (Å²) in [4.78, 5) is 0. The van der Waals surface area contributed by atoms with E-state index < -0.39 is 8.07 Å². The lowest BCUT2D eigenvalue weighted by molar-refractivity contribution is 0.316. The fourth-order valence-corrected chi connectivity index (χ4v) is 2.39. The molecule has 0 aliphatic carbocycles. The van der Waals surface area contributed by atoms with E-state index in [1.54, 1.807) is 0 Å². The van der Waals surface area contributed by atoms with Crippen LogP contribution in [0, 0.1) is 0 Å². The molecule has 1 nitrogen and oxygen atoms in total. The minimum atomic E-state index is -1.07. The van der Waals surface area contributed by atoms with Gasteiger partial charge in [0.25, 0.3) is 0 Å². The molecule has 0 fully saturated rings. The molecule has 0 aromatic carbocycles. The molecule has 0 rings (SSSR count). The van der Waals surface area contributed by atoms with E-state index >= 15 is 0 Å². The highest BCUT2D eigenvalue weighted by molar-refractivity contribution is 6.77. The fraction of sp³-hybridized carbons (Fsp3) is 0.714. The zero-order valence-corrected chi connectivity index (χ0v) is 7.35. The van der Waals surface area contributed by atoms with Crippen molar-refractivity contribution in [3.05, 3.63) is 12.7 Å². The van der Waals surface area contributed by atoms with Crippen LogP contribution < -0.4 is 0 Å². The van der Waals surface area contributed by atoms with E-state index in [4.69, 9.17) is 5.11 Å². The largest absolute Gasteiger partial charge is 0.397 e. The third-order valence-electron chi connectivity index (χ3n) is 1.49. The topological polar surface area (TPSA) is 20.2 Å². The van der Waals surface area contributed by atoms with Gasteiger partial charge in [0.1, 0.15) is 0 Å². The summed E-state index contributed by atoms with van der Waals surface area (Å²) in [7, 11) is -1.07. The van der Waals surface area contributed by atoms with Crippen LogP contribution in [0.15, 0.2) is 12.7 Å². The first-order valence-electron chi connectivity index (χ1n) is 3.34. The number of allylic oxidation sites excluding steroid dienone is 1. The van der Waals surface area contributed by atoms with E-state index in [1.165, 1.54) is 0 Å². The molecule has 0 amide bonds. The summed E-state index contributed by atoms with van der Waals surface area (Å²) >= 11 is 0. The minimum Gasteiger partial charge on any atom is -0.397 e. The van der Waals surface area contributed by atoms with Crippen LogP contribution in [0.3, 0.4) is 0 Å². The zero-order chi connectivity index (χ0) is 7.33. The molecular formula is C7H16OSi. The van der Waals surface area contributed by atoms with Crippen molar-refractivity contribution >= 4 is 8.07 Å². The second-order valence-electron chi connectivity index (χ2n) is 3.13. The van der Waals surface area contributed by atoms with E-state index in [-0.39, 0.29) is 0 Å². The summed E-state index contributed by atoms with van der Waals surface area (Å²) in [5.41, 5.74) is 0. The van der Waals surface area contributed by atoms with Gasteiger partial charge in [-0.1, -0.05) is 19.2 Å². The van der Waals surface area contributed by atoms with Crippen LogP contribution in [-0.2, 0) is 0 Å². The Morgan fingerprint density at radius 3 is 2.44 bits per heavy atom. The summed E-state index contributed by atoms with van der Waals surface area (Å²) in [5, 5.41) is 8.63. The second kappa shape index (κ2) is 3.85. The van der Waals surface area contributed by atoms with E-state index in [1.807, 2.05) is 6.08 Å². The van der Waals surface area contributed by atoms with Crippen molar-refractivity contribution in [2.24, 2.45) is 0 Å². The van der Waals surface area contributed by atoms with E-state index in [2.05, 4.69) is 19.7 Å². The van der Waals surface area contributed by atoms with Crippen molar-refractivity contribution in [2.45, 2.75) is 25.2 Å². The number of aliphatic hydroxyl groups is 1. The van der Waals surface area contributed by atoms with Crippen molar-refractivity contribution in [1.82, 2.24) is 0 Å². The molecule has 0 aliphatic rings. The lowest BCUT2D eigenvalue weighted by atomic mass is 10.8. The van der Waals surface area contributed by atoms with Gasteiger partial charge in [-0.2, -0.15) is 0 Å². The molecule has 0 radical (unpaired) electrons. The standard InChI is InChI=1S/C7H16OSi/c1-4-6-9(2,3)7-5-8/h4,8H,1,5-7H2,2-3H3. The van der Waals surface area contributed by atoms with Crippen LogP contribution in [0.25, 0.3) is 0 Å². The second-order valence-corrected chi connectivity index (χ2v) is 8.37. The molecule has 1 N–H and O–H groups in total. The molecule has 2 heteroatoms. The maximum absolute atomic E-state index is 8.63.